The van der Waals surface area contributed by atoms with Crippen molar-refractivity contribution in [3.63, 3.8) is 0 Å². The molecule has 0 saturated carbocycles. The summed E-state index contributed by atoms with van der Waals surface area (Å²) >= 11 is 10.6. The van der Waals surface area contributed by atoms with Crippen LogP contribution in [0, 0.1) is 0 Å². The quantitative estimate of drug-likeness (QED) is 0.404. The van der Waals surface area contributed by atoms with Gasteiger partial charge in [0.1, 0.15) is 0 Å². The number of carbonyl (C=O) groups excluding carboxylic acids is 1. The summed E-state index contributed by atoms with van der Waals surface area (Å²) < 4.78 is 7.45. The van der Waals surface area contributed by atoms with Crippen molar-refractivity contribution in [3.8, 4) is 0 Å². The monoisotopic (exact) mass is 481 g/mol. The number of aromatic nitrogens is 2. The van der Waals surface area contributed by atoms with Crippen LogP contribution in [0.1, 0.15) is 0 Å². The Morgan fingerprint density at radius 2 is 2.11 bits per heavy atom. The van der Waals surface area contributed by atoms with Gasteiger partial charge in [-0.05, 0) is 30.3 Å². The number of thioether (sulfide) groups is 1. The highest BCUT2D eigenvalue weighted by Crippen LogP contribution is 2.23. The molecule has 0 aliphatic carbocycles. The molecule has 1 heterocycles. The van der Waals surface area contributed by atoms with Crippen molar-refractivity contribution in [1.29, 1.82) is 0 Å². The van der Waals surface area contributed by atoms with Gasteiger partial charge in [0.15, 0.2) is 5.16 Å². The minimum Gasteiger partial charge on any atom is -0.383 e. The van der Waals surface area contributed by atoms with Gasteiger partial charge in [-0.2, -0.15) is 0 Å². The maximum absolute atomic E-state index is 12.9. The molecule has 0 spiro atoms. The second kappa shape index (κ2) is 9.56. The second-order valence-corrected chi connectivity index (χ2v) is 8.09. The first-order chi connectivity index (χ1) is 13.5. The number of hydrogen-bond acceptors (Lipinski definition) is 5. The van der Waals surface area contributed by atoms with Crippen LogP contribution < -0.4 is 10.9 Å². The lowest BCUT2D eigenvalue weighted by Crippen LogP contribution is -2.26. The lowest BCUT2D eigenvalue weighted by Gasteiger charge is -2.13. The fourth-order valence-corrected chi connectivity index (χ4v) is 3.91. The van der Waals surface area contributed by atoms with Crippen molar-refractivity contribution in [2.45, 2.75) is 11.7 Å². The van der Waals surface area contributed by atoms with Crippen LogP contribution in [-0.2, 0) is 16.1 Å². The number of hydrogen-bond donors (Lipinski definition) is 1. The molecule has 146 valence electrons. The van der Waals surface area contributed by atoms with Gasteiger partial charge < -0.3 is 10.1 Å². The summed E-state index contributed by atoms with van der Waals surface area (Å²) in [6, 6.07) is 12.4. The number of halogens is 2. The third-order valence-corrected chi connectivity index (χ3v) is 5.68. The molecule has 0 bridgehead atoms. The van der Waals surface area contributed by atoms with E-state index >= 15 is 0 Å². The third-order valence-electron chi connectivity index (χ3n) is 3.88. The van der Waals surface area contributed by atoms with Crippen LogP contribution >= 0.6 is 39.3 Å². The number of rotatable bonds is 7. The van der Waals surface area contributed by atoms with E-state index in [1.54, 1.807) is 43.5 Å². The predicted octanol–water partition coefficient (Wildman–Crippen LogP) is 4.19. The second-order valence-electron chi connectivity index (χ2n) is 5.82. The van der Waals surface area contributed by atoms with Gasteiger partial charge in [-0.1, -0.05) is 51.4 Å². The molecule has 2 aromatic carbocycles. The van der Waals surface area contributed by atoms with Gasteiger partial charge in [0.2, 0.25) is 5.91 Å². The van der Waals surface area contributed by atoms with E-state index in [4.69, 9.17) is 16.3 Å². The van der Waals surface area contributed by atoms with Crippen molar-refractivity contribution in [1.82, 2.24) is 9.55 Å². The number of ether oxygens (including phenoxy) is 1. The molecule has 9 heteroatoms. The molecular formula is C19H17BrClN3O3S. The maximum Gasteiger partial charge on any atom is 0.262 e. The normalized spacial score (nSPS) is 11.0. The number of methoxy groups -OCH3 is 1. The van der Waals surface area contributed by atoms with E-state index in [0.717, 1.165) is 4.47 Å². The van der Waals surface area contributed by atoms with Crippen LogP contribution in [0.25, 0.3) is 10.9 Å². The number of carbonyl (C=O) groups is 1. The van der Waals surface area contributed by atoms with Crippen molar-refractivity contribution in [3.05, 3.63) is 62.3 Å². The van der Waals surface area contributed by atoms with E-state index in [-0.39, 0.29) is 17.2 Å². The Balaban J connectivity index is 1.84. The van der Waals surface area contributed by atoms with E-state index in [0.29, 0.717) is 39.9 Å². The van der Waals surface area contributed by atoms with E-state index in [9.17, 15) is 9.59 Å². The summed E-state index contributed by atoms with van der Waals surface area (Å²) in [6.45, 7) is 0.708. The SMILES string of the molecule is COCCn1c(SCC(=O)Nc2ccccc2Cl)nc2ccc(Br)cc2c1=O. The van der Waals surface area contributed by atoms with Gasteiger partial charge in [0.05, 0.1) is 40.5 Å². The van der Waals surface area contributed by atoms with Crippen LogP contribution in [0.15, 0.2) is 56.9 Å². The van der Waals surface area contributed by atoms with Crippen molar-refractivity contribution in [2.24, 2.45) is 0 Å². The molecule has 1 N–H and O–H groups in total. The third kappa shape index (κ3) is 4.94. The molecule has 6 nitrogen and oxygen atoms in total. The fraction of sp³-hybridized carbons (Fsp3) is 0.211. The Bertz CT molecular complexity index is 1070. The highest BCUT2D eigenvalue weighted by atomic mass is 79.9. The van der Waals surface area contributed by atoms with Crippen LogP contribution in [0.5, 0.6) is 0 Å². The molecule has 0 fully saturated rings. The van der Waals surface area contributed by atoms with Gasteiger partial charge in [0.25, 0.3) is 5.56 Å². The summed E-state index contributed by atoms with van der Waals surface area (Å²) in [5.74, 6) is -0.145. The van der Waals surface area contributed by atoms with Crippen LogP contribution in [-0.4, -0.2) is 34.9 Å². The lowest BCUT2D eigenvalue weighted by molar-refractivity contribution is -0.113. The number of fused-ring (bicyclic) bond motifs is 1. The smallest absolute Gasteiger partial charge is 0.262 e. The average molecular weight is 483 g/mol. The van der Waals surface area contributed by atoms with Gasteiger partial charge >= 0.3 is 0 Å². The Labute approximate surface area is 179 Å². The molecular weight excluding hydrogens is 466 g/mol. The van der Waals surface area contributed by atoms with E-state index in [2.05, 4.69) is 26.2 Å². The Morgan fingerprint density at radius 3 is 2.86 bits per heavy atom. The molecule has 0 radical (unpaired) electrons. The summed E-state index contributed by atoms with van der Waals surface area (Å²) in [7, 11) is 1.57. The molecule has 1 amide bonds. The highest BCUT2D eigenvalue weighted by molar-refractivity contribution is 9.10. The molecule has 28 heavy (non-hydrogen) atoms. The molecule has 0 aliphatic rings. The Kier molecular flexibility index (Phi) is 7.12. The first-order valence-electron chi connectivity index (χ1n) is 8.36. The van der Waals surface area contributed by atoms with Crippen LogP contribution in [0.2, 0.25) is 5.02 Å². The minimum absolute atomic E-state index is 0.0900. The molecule has 3 rings (SSSR count). The highest BCUT2D eigenvalue weighted by Gasteiger charge is 2.14. The zero-order valence-electron chi connectivity index (χ0n) is 14.9. The van der Waals surface area contributed by atoms with Gasteiger partial charge in [-0.3, -0.25) is 14.2 Å². The predicted molar refractivity (Wildman–Crippen MR) is 116 cm³/mol. The summed E-state index contributed by atoms with van der Waals surface area (Å²) in [4.78, 5) is 29.8. The largest absolute Gasteiger partial charge is 0.383 e. The Morgan fingerprint density at radius 1 is 1.32 bits per heavy atom. The van der Waals surface area contributed by atoms with Crippen molar-refractivity contribution in [2.75, 3.05) is 24.8 Å². The molecule has 3 aromatic rings. The lowest BCUT2D eigenvalue weighted by atomic mass is 10.2. The van der Waals surface area contributed by atoms with Gasteiger partial charge in [-0.25, -0.2) is 4.98 Å². The zero-order valence-corrected chi connectivity index (χ0v) is 18.1. The zero-order chi connectivity index (χ0) is 20.1. The molecule has 0 unspecified atom stereocenters. The summed E-state index contributed by atoms with van der Waals surface area (Å²) in [5.41, 5.74) is 0.955. The topological polar surface area (TPSA) is 73.2 Å². The number of anilines is 1. The number of nitrogens with one attached hydrogen (secondary N) is 1. The number of amides is 1. The summed E-state index contributed by atoms with van der Waals surface area (Å²) in [6.07, 6.45) is 0. The minimum atomic E-state index is -0.235. The molecule has 0 aliphatic heterocycles. The molecule has 1 aromatic heterocycles. The summed E-state index contributed by atoms with van der Waals surface area (Å²) in [5, 5.41) is 4.20. The van der Waals surface area contributed by atoms with Crippen molar-refractivity contribution < 1.29 is 9.53 Å². The number of benzene rings is 2. The average Bonchev–Trinajstić information content (AvgIpc) is 2.68. The Hall–Kier alpha value is -1.87. The van der Waals surface area contributed by atoms with Crippen LogP contribution in [0.4, 0.5) is 5.69 Å². The molecule has 0 saturated heterocycles. The molecule has 0 atom stereocenters. The van der Waals surface area contributed by atoms with Crippen molar-refractivity contribution >= 4 is 61.8 Å². The number of para-hydroxylation sites is 1. The van der Waals surface area contributed by atoms with Crippen LogP contribution in [0.3, 0.4) is 0 Å². The standard InChI is InChI=1S/C19H17BrClN3O3S/c1-27-9-8-24-18(26)13-10-12(20)6-7-15(13)23-19(24)28-11-17(25)22-16-5-3-2-4-14(16)21/h2-7,10H,8-9,11H2,1H3,(H,22,25). The van der Waals surface area contributed by atoms with E-state index < -0.39 is 0 Å². The maximum atomic E-state index is 12.9. The first kappa shape index (κ1) is 20.9. The van der Waals surface area contributed by atoms with E-state index in [1.807, 2.05) is 6.07 Å². The van der Waals surface area contributed by atoms with E-state index in [1.165, 1.54) is 16.3 Å². The number of nitrogens with zero attached hydrogens (tertiary/aromatic N) is 2. The first-order valence-corrected chi connectivity index (χ1v) is 10.5. The fourth-order valence-electron chi connectivity index (χ4n) is 2.54. The van der Waals surface area contributed by atoms with Gasteiger partial charge in [0, 0.05) is 11.6 Å². The van der Waals surface area contributed by atoms with Gasteiger partial charge in [-0.15, -0.1) is 0 Å².